The molecule has 2 rings (SSSR count). The summed E-state index contributed by atoms with van der Waals surface area (Å²) >= 11 is 4.83. The summed E-state index contributed by atoms with van der Waals surface area (Å²) in [6.07, 6.45) is 1.90. The number of aromatic nitrogens is 2. The second-order valence-electron chi connectivity index (χ2n) is 3.41. The molecular weight excluding hydrogens is 220 g/mol. The van der Waals surface area contributed by atoms with Gasteiger partial charge in [-0.25, -0.2) is 4.68 Å². The molecular formula is C11H12N4S. The van der Waals surface area contributed by atoms with E-state index in [1.165, 1.54) is 0 Å². The average Bonchev–Trinajstić information content (AvgIpc) is 2.65. The first-order chi connectivity index (χ1) is 7.66. The molecule has 0 aliphatic heterocycles. The van der Waals surface area contributed by atoms with Crippen LogP contribution in [0.25, 0.3) is 5.69 Å². The van der Waals surface area contributed by atoms with Crippen LogP contribution in [-0.4, -0.2) is 14.9 Å². The SMILES string of the molecule is Cc1ccn(-c2ccccc2NC(N)=S)n1. The van der Waals surface area contributed by atoms with Crippen LogP contribution in [0.5, 0.6) is 0 Å². The average molecular weight is 232 g/mol. The monoisotopic (exact) mass is 232 g/mol. The Kier molecular flexibility index (Phi) is 2.87. The molecule has 82 valence electrons. The number of rotatable bonds is 2. The Morgan fingerprint density at radius 3 is 2.75 bits per heavy atom. The minimum absolute atomic E-state index is 0.247. The summed E-state index contributed by atoms with van der Waals surface area (Å²) in [6.45, 7) is 1.94. The van der Waals surface area contributed by atoms with E-state index in [2.05, 4.69) is 10.4 Å². The van der Waals surface area contributed by atoms with Crippen LogP contribution in [0.1, 0.15) is 5.69 Å². The zero-order chi connectivity index (χ0) is 11.5. The Bertz CT molecular complexity index is 518. The number of thiocarbonyl (C=S) groups is 1. The maximum Gasteiger partial charge on any atom is 0.168 e. The quantitative estimate of drug-likeness (QED) is 0.776. The maximum absolute atomic E-state index is 5.47. The molecule has 5 heteroatoms. The van der Waals surface area contributed by atoms with Gasteiger partial charge in [-0.1, -0.05) is 12.1 Å². The fourth-order valence-corrected chi connectivity index (χ4v) is 1.57. The van der Waals surface area contributed by atoms with Crippen LogP contribution in [0.15, 0.2) is 36.5 Å². The van der Waals surface area contributed by atoms with Crippen molar-refractivity contribution in [2.45, 2.75) is 6.92 Å². The van der Waals surface area contributed by atoms with Crippen molar-refractivity contribution in [3.63, 3.8) is 0 Å². The number of aryl methyl sites for hydroxylation is 1. The lowest BCUT2D eigenvalue weighted by molar-refractivity contribution is 0.864. The standard InChI is InChI=1S/C11H12N4S/c1-8-6-7-15(14-8)10-5-3-2-4-9(10)13-11(12)16/h2-7H,1H3,(H3,12,13,16). The van der Waals surface area contributed by atoms with Crippen LogP contribution in [-0.2, 0) is 0 Å². The summed E-state index contributed by atoms with van der Waals surface area (Å²) in [6, 6.07) is 9.66. The van der Waals surface area contributed by atoms with Gasteiger partial charge in [-0.3, -0.25) is 0 Å². The molecule has 0 saturated heterocycles. The minimum Gasteiger partial charge on any atom is -0.376 e. The zero-order valence-corrected chi connectivity index (χ0v) is 9.66. The van der Waals surface area contributed by atoms with Crippen molar-refractivity contribution >= 4 is 23.0 Å². The van der Waals surface area contributed by atoms with E-state index in [9.17, 15) is 0 Å². The van der Waals surface area contributed by atoms with E-state index < -0.39 is 0 Å². The molecule has 2 aromatic rings. The molecule has 1 aromatic heterocycles. The molecule has 3 N–H and O–H groups in total. The third-order valence-corrected chi connectivity index (χ3v) is 2.23. The smallest absolute Gasteiger partial charge is 0.168 e. The van der Waals surface area contributed by atoms with Crippen molar-refractivity contribution in [2.75, 3.05) is 5.32 Å². The van der Waals surface area contributed by atoms with Gasteiger partial charge in [0.25, 0.3) is 0 Å². The molecule has 0 aliphatic carbocycles. The second-order valence-corrected chi connectivity index (χ2v) is 3.85. The highest BCUT2D eigenvalue weighted by atomic mass is 32.1. The topological polar surface area (TPSA) is 55.9 Å². The van der Waals surface area contributed by atoms with E-state index in [4.69, 9.17) is 18.0 Å². The van der Waals surface area contributed by atoms with Gasteiger partial charge >= 0.3 is 0 Å². The van der Waals surface area contributed by atoms with Crippen LogP contribution in [0.2, 0.25) is 0 Å². The first-order valence-electron chi connectivity index (χ1n) is 4.85. The highest BCUT2D eigenvalue weighted by Crippen LogP contribution is 2.19. The molecule has 0 aliphatic rings. The van der Waals surface area contributed by atoms with Crippen LogP contribution < -0.4 is 11.1 Å². The summed E-state index contributed by atoms with van der Waals surface area (Å²) in [5.74, 6) is 0. The van der Waals surface area contributed by atoms with Crippen LogP contribution >= 0.6 is 12.2 Å². The number of nitrogens with one attached hydrogen (secondary N) is 1. The molecule has 0 bridgehead atoms. The van der Waals surface area contributed by atoms with Crippen molar-refractivity contribution in [1.82, 2.24) is 9.78 Å². The van der Waals surface area contributed by atoms with Crippen molar-refractivity contribution in [2.24, 2.45) is 5.73 Å². The van der Waals surface area contributed by atoms with Gasteiger partial charge in [0.2, 0.25) is 0 Å². The molecule has 0 unspecified atom stereocenters. The van der Waals surface area contributed by atoms with Gasteiger partial charge in [0.05, 0.1) is 17.1 Å². The van der Waals surface area contributed by atoms with Crippen LogP contribution in [0.3, 0.4) is 0 Å². The molecule has 4 nitrogen and oxygen atoms in total. The first kappa shape index (κ1) is 10.6. The fourth-order valence-electron chi connectivity index (χ4n) is 1.46. The summed E-state index contributed by atoms with van der Waals surface area (Å²) < 4.78 is 1.79. The molecule has 0 fully saturated rings. The number of para-hydroxylation sites is 2. The van der Waals surface area contributed by atoms with E-state index in [1.54, 1.807) is 4.68 Å². The van der Waals surface area contributed by atoms with Crippen LogP contribution in [0, 0.1) is 6.92 Å². The van der Waals surface area contributed by atoms with Gasteiger partial charge in [0.1, 0.15) is 0 Å². The van der Waals surface area contributed by atoms with Crippen molar-refractivity contribution in [3.05, 3.63) is 42.2 Å². The van der Waals surface area contributed by atoms with Gasteiger partial charge < -0.3 is 11.1 Å². The molecule has 0 atom stereocenters. The van der Waals surface area contributed by atoms with Crippen molar-refractivity contribution in [1.29, 1.82) is 0 Å². The second kappa shape index (κ2) is 4.32. The number of nitrogens with two attached hydrogens (primary N) is 1. The Balaban J connectivity index is 2.43. The third kappa shape index (κ3) is 2.20. The van der Waals surface area contributed by atoms with Gasteiger partial charge in [0.15, 0.2) is 5.11 Å². The lowest BCUT2D eigenvalue weighted by Gasteiger charge is -2.10. The lowest BCUT2D eigenvalue weighted by atomic mass is 10.2. The highest BCUT2D eigenvalue weighted by molar-refractivity contribution is 7.80. The number of hydrogen-bond acceptors (Lipinski definition) is 2. The third-order valence-electron chi connectivity index (χ3n) is 2.13. The van der Waals surface area contributed by atoms with Gasteiger partial charge in [-0.2, -0.15) is 5.10 Å². The van der Waals surface area contributed by atoms with E-state index in [-0.39, 0.29) is 5.11 Å². The maximum atomic E-state index is 5.47. The van der Waals surface area contributed by atoms with Crippen molar-refractivity contribution in [3.8, 4) is 5.69 Å². The Labute approximate surface area is 99.1 Å². The molecule has 0 radical (unpaired) electrons. The number of benzene rings is 1. The summed E-state index contributed by atoms with van der Waals surface area (Å²) in [4.78, 5) is 0. The van der Waals surface area contributed by atoms with Crippen LogP contribution in [0.4, 0.5) is 5.69 Å². The Morgan fingerprint density at radius 1 is 1.38 bits per heavy atom. The van der Waals surface area contributed by atoms with E-state index >= 15 is 0 Å². The first-order valence-corrected chi connectivity index (χ1v) is 5.26. The Morgan fingerprint density at radius 2 is 2.12 bits per heavy atom. The number of anilines is 1. The molecule has 0 saturated carbocycles. The largest absolute Gasteiger partial charge is 0.376 e. The fraction of sp³-hybridized carbons (Fsp3) is 0.0909. The minimum atomic E-state index is 0.247. The predicted octanol–water partition coefficient (Wildman–Crippen LogP) is 1.84. The normalized spacial score (nSPS) is 10.1. The van der Waals surface area contributed by atoms with Crippen molar-refractivity contribution < 1.29 is 0 Å². The Hall–Kier alpha value is -1.88. The van der Waals surface area contributed by atoms with Gasteiger partial charge in [0, 0.05) is 6.20 Å². The molecule has 16 heavy (non-hydrogen) atoms. The molecule has 1 heterocycles. The number of hydrogen-bond donors (Lipinski definition) is 2. The lowest BCUT2D eigenvalue weighted by Crippen LogP contribution is -2.20. The number of nitrogens with zero attached hydrogens (tertiary/aromatic N) is 2. The highest BCUT2D eigenvalue weighted by Gasteiger charge is 2.04. The van der Waals surface area contributed by atoms with Gasteiger partial charge in [-0.05, 0) is 37.3 Å². The molecule has 0 spiro atoms. The van der Waals surface area contributed by atoms with E-state index in [0.717, 1.165) is 17.1 Å². The van der Waals surface area contributed by atoms with E-state index in [1.807, 2.05) is 43.5 Å². The summed E-state index contributed by atoms with van der Waals surface area (Å²) in [7, 11) is 0. The zero-order valence-electron chi connectivity index (χ0n) is 8.84. The molecule has 0 amide bonds. The van der Waals surface area contributed by atoms with Gasteiger partial charge in [-0.15, -0.1) is 0 Å². The van der Waals surface area contributed by atoms with E-state index in [0.29, 0.717) is 0 Å². The predicted molar refractivity (Wildman–Crippen MR) is 68.7 cm³/mol. The molecule has 1 aromatic carbocycles. The summed E-state index contributed by atoms with van der Waals surface area (Å²) in [5.41, 5.74) is 8.20. The summed E-state index contributed by atoms with van der Waals surface area (Å²) in [5, 5.41) is 7.52.